The van der Waals surface area contributed by atoms with E-state index in [0.717, 1.165) is 10.2 Å². The van der Waals surface area contributed by atoms with Gasteiger partial charge in [0.15, 0.2) is 0 Å². The van der Waals surface area contributed by atoms with Crippen molar-refractivity contribution in [2.24, 2.45) is 0 Å². The summed E-state index contributed by atoms with van der Waals surface area (Å²) in [4.78, 5) is 0. The Bertz CT molecular complexity index is 512. The quantitative estimate of drug-likeness (QED) is 0.851. The number of hydrogen-bond acceptors (Lipinski definition) is 4. The van der Waals surface area contributed by atoms with E-state index in [1.807, 2.05) is 18.3 Å². The second kappa shape index (κ2) is 6.79. The first-order chi connectivity index (χ1) is 9.19. The molecular weight excluding hydrogens is 308 g/mol. The molecule has 1 atom stereocenters. The van der Waals surface area contributed by atoms with Crippen molar-refractivity contribution in [3.05, 3.63) is 46.2 Å². The maximum Gasteiger partial charge on any atom is 0.0965 e. The lowest BCUT2D eigenvalue weighted by molar-refractivity contribution is 0.268. The van der Waals surface area contributed by atoms with Crippen LogP contribution in [-0.2, 0) is 13.1 Å². The van der Waals surface area contributed by atoms with Crippen molar-refractivity contribution in [1.29, 1.82) is 0 Å². The maximum absolute atomic E-state index is 8.81. The molecule has 19 heavy (non-hydrogen) atoms. The molecule has 0 aliphatic rings. The van der Waals surface area contributed by atoms with E-state index in [1.54, 1.807) is 4.68 Å². The summed E-state index contributed by atoms with van der Waals surface area (Å²) in [6.45, 7) is 3.32. The van der Waals surface area contributed by atoms with Crippen LogP contribution >= 0.6 is 15.9 Å². The average molecular weight is 325 g/mol. The fraction of sp³-hybridized carbons (Fsp3) is 0.385. The van der Waals surface area contributed by atoms with Gasteiger partial charge >= 0.3 is 0 Å². The molecule has 2 rings (SSSR count). The van der Waals surface area contributed by atoms with Gasteiger partial charge in [0.05, 0.1) is 18.8 Å². The topological polar surface area (TPSA) is 63.0 Å². The maximum atomic E-state index is 8.81. The highest BCUT2D eigenvalue weighted by atomic mass is 79.9. The number of halogens is 1. The third kappa shape index (κ3) is 4.12. The van der Waals surface area contributed by atoms with Crippen LogP contribution in [0.15, 0.2) is 34.9 Å². The largest absolute Gasteiger partial charge is 0.394 e. The average Bonchev–Trinajstić information content (AvgIpc) is 2.85. The van der Waals surface area contributed by atoms with Crippen molar-refractivity contribution in [2.45, 2.75) is 26.1 Å². The lowest BCUT2D eigenvalue weighted by atomic mass is 10.1. The standard InChI is InChI=1S/C13H17BrN4O/c1-10(11-2-4-12(14)5-3-11)15-8-13-9-18(6-7-19)17-16-13/h2-5,9-10,15,19H,6-8H2,1H3/t10-/m0/s1. The molecule has 0 radical (unpaired) electrons. The third-order valence-electron chi connectivity index (χ3n) is 2.87. The Kier molecular flexibility index (Phi) is 5.07. The summed E-state index contributed by atoms with van der Waals surface area (Å²) in [5.41, 5.74) is 2.10. The first-order valence-electron chi connectivity index (χ1n) is 6.18. The van der Waals surface area contributed by atoms with Crippen LogP contribution in [0.25, 0.3) is 0 Å². The van der Waals surface area contributed by atoms with E-state index in [2.05, 4.69) is 50.6 Å². The summed E-state index contributed by atoms with van der Waals surface area (Å²) in [6.07, 6.45) is 1.84. The molecule has 0 amide bonds. The highest BCUT2D eigenvalue weighted by molar-refractivity contribution is 9.10. The normalized spacial score (nSPS) is 12.6. The van der Waals surface area contributed by atoms with Crippen LogP contribution in [-0.4, -0.2) is 26.7 Å². The highest BCUT2D eigenvalue weighted by Crippen LogP contribution is 2.16. The van der Waals surface area contributed by atoms with Crippen molar-refractivity contribution < 1.29 is 5.11 Å². The summed E-state index contributed by atoms with van der Waals surface area (Å²) in [7, 11) is 0. The number of rotatable bonds is 6. The zero-order valence-electron chi connectivity index (χ0n) is 10.8. The zero-order chi connectivity index (χ0) is 13.7. The van der Waals surface area contributed by atoms with Crippen molar-refractivity contribution in [3.8, 4) is 0 Å². The van der Waals surface area contributed by atoms with Gasteiger partial charge in [-0.3, -0.25) is 0 Å². The molecule has 1 aromatic carbocycles. The van der Waals surface area contributed by atoms with Gasteiger partial charge in [-0.2, -0.15) is 0 Å². The molecule has 0 aliphatic heterocycles. The molecular formula is C13H17BrN4O. The van der Waals surface area contributed by atoms with Crippen LogP contribution in [0.2, 0.25) is 0 Å². The third-order valence-corrected chi connectivity index (χ3v) is 3.40. The first-order valence-corrected chi connectivity index (χ1v) is 6.97. The lowest BCUT2D eigenvalue weighted by Crippen LogP contribution is -2.18. The van der Waals surface area contributed by atoms with Gasteiger partial charge in [-0.15, -0.1) is 5.10 Å². The molecule has 0 aliphatic carbocycles. The summed E-state index contributed by atoms with van der Waals surface area (Å²) in [5, 5.41) is 20.2. The molecule has 0 spiro atoms. The van der Waals surface area contributed by atoms with Crippen LogP contribution in [0.3, 0.4) is 0 Å². The Hall–Kier alpha value is -1.24. The Balaban J connectivity index is 1.88. The molecule has 0 saturated heterocycles. The summed E-state index contributed by atoms with van der Waals surface area (Å²) in [5.74, 6) is 0. The van der Waals surface area contributed by atoms with E-state index in [9.17, 15) is 0 Å². The van der Waals surface area contributed by atoms with Crippen molar-refractivity contribution in [1.82, 2.24) is 20.3 Å². The minimum Gasteiger partial charge on any atom is -0.394 e. The number of aliphatic hydroxyl groups excluding tert-OH is 1. The number of hydrogen-bond donors (Lipinski definition) is 2. The highest BCUT2D eigenvalue weighted by Gasteiger charge is 2.06. The smallest absolute Gasteiger partial charge is 0.0965 e. The van der Waals surface area contributed by atoms with Crippen LogP contribution < -0.4 is 5.32 Å². The molecule has 0 saturated carbocycles. The molecule has 2 N–H and O–H groups in total. The fourth-order valence-electron chi connectivity index (χ4n) is 1.76. The van der Waals surface area contributed by atoms with E-state index in [0.29, 0.717) is 13.1 Å². The van der Waals surface area contributed by atoms with Gasteiger partial charge < -0.3 is 10.4 Å². The van der Waals surface area contributed by atoms with Gasteiger partial charge in [0.2, 0.25) is 0 Å². The second-order valence-corrected chi connectivity index (χ2v) is 5.27. The molecule has 1 heterocycles. The van der Waals surface area contributed by atoms with Gasteiger partial charge in [-0.1, -0.05) is 33.3 Å². The Morgan fingerprint density at radius 3 is 2.79 bits per heavy atom. The van der Waals surface area contributed by atoms with Crippen LogP contribution in [0.4, 0.5) is 0 Å². The van der Waals surface area contributed by atoms with E-state index in [-0.39, 0.29) is 12.6 Å². The summed E-state index contributed by atoms with van der Waals surface area (Å²) in [6, 6.07) is 8.49. The number of benzene rings is 1. The predicted molar refractivity (Wildman–Crippen MR) is 76.5 cm³/mol. The predicted octanol–water partition coefficient (Wildman–Crippen LogP) is 1.88. The SMILES string of the molecule is C[C@H](NCc1cn(CCO)nn1)c1ccc(Br)cc1. The van der Waals surface area contributed by atoms with Gasteiger partial charge in [0, 0.05) is 23.3 Å². The summed E-state index contributed by atoms with van der Waals surface area (Å²) < 4.78 is 2.72. The van der Waals surface area contributed by atoms with Gasteiger partial charge in [-0.25, -0.2) is 4.68 Å². The van der Waals surface area contributed by atoms with Crippen LogP contribution in [0.5, 0.6) is 0 Å². The fourth-order valence-corrected chi connectivity index (χ4v) is 2.02. The summed E-state index contributed by atoms with van der Waals surface area (Å²) >= 11 is 3.43. The number of nitrogens with one attached hydrogen (secondary N) is 1. The van der Waals surface area contributed by atoms with E-state index >= 15 is 0 Å². The Labute approximate surface area is 120 Å². The first kappa shape index (κ1) is 14.2. The molecule has 0 unspecified atom stereocenters. The Morgan fingerprint density at radius 2 is 2.11 bits per heavy atom. The van der Waals surface area contributed by atoms with E-state index in [4.69, 9.17) is 5.11 Å². The molecule has 6 heteroatoms. The van der Waals surface area contributed by atoms with Crippen molar-refractivity contribution in [3.63, 3.8) is 0 Å². The minimum absolute atomic E-state index is 0.0749. The molecule has 102 valence electrons. The van der Waals surface area contributed by atoms with Gasteiger partial charge in [-0.05, 0) is 24.6 Å². The van der Waals surface area contributed by atoms with Crippen LogP contribution in [0.1, 0.15) is 24.2 Å². The van der Waals surface area contributed by atoms with Gasteiger partial charge in [0.25, 0.3) is 0 Å². The Morgan fingerprint density at radius 1 is 1.37 bits per heavy atom. The minimum atomic E-state index is 0.0749. The lowest BCUT2D eigenvalue weighted by Gasteiger charge is -2.13. The van der Waals surface area contributed by atoms with Crippen molar-refractivity contribution in [2.75, 3.05) is 6.61 Å². The molecule has 0 bridgehead atoms. The van der Waals surface area contributed by atoms with Crippen LogP contribution in [0, 0.1) is 0 Å². The molecule has 1 aromatic heterocycles. The number of aliphatic hydroxyl groups is 1. The van der Waals surface area contributed by atoms with E-state index < -0.39 is 0 Å². The molecule has 2 aromatic rings. The van der Waals surface area contributed by atoms with E-state index in [1.165, 1.54) is 5.56 Å². The molecule has 0 fully saturated rings. The second-order valence-electron chi connectivity index (χ2n) is 4.35. The zero-order valence-corrected chi connectivity index (χ0v) is 12.3. The van der Waals surface area contributed by atoms with Crippen molar-refractivity contribution >= 4 is 15.9 Å². The number of nitrogens with zero attached hydrogens (tertiary/aromatic N) is 3. The number of aromatic nitrogens is 3. The monoisotopic (exact) mass is 324 g/mol. The molecule has 5 nitrogen and oxygen atoms in total. The van der Waals surface area contributed by atoms with Gasteiger partial charge in [0.1, 0.15) is 0 Å².